The second kappa shape index (κ2) is 6.74. The SMILES string of the molecule is Brc1ccc(CNCC2CCCCCN2)s1. The van der Waals surface area contributed by atoms with Crippen molar-refractivity contribution < 1.29 is 0 Å². The first kappa shape index (κ1) is 12.6. The number of hydrogen-bond acceptors (Lipinski definition) is 3. The predicted molar refractivity (Wildman–Crippen MR) is 74.0 cm³/mol. The fourth-order valence-corrected chi connectivity index (χ4v) is 3.54. The normalized spacial score (nSPS) is 21.9. The van der Waals surface area contributed by atoms with E-state index in [-0.39, 0.29) is 0 Å². The second-order valence-corrected chi connectivity index (χ2v) is 6.88. The molecule has 2 nitrogen and oxygen atoms in total. The standard InChI is InChI=1S/C12H19BrN2S/c13-12-6-5-11(16-12)9-14-8-10-4-2-1-3-7-15-10/h5-6,10,14-15H,1-4,7-9H2. The molecule has 1 aromatic heterocycles. The molecule has 1 aliphatic rings. The molecule has 2 N–H and O–H groups in total. The number of halogens is 1. The van der Waals surface area contributed by atoms with Gasteiger partial charge in [-0.1, -0.05) is 12.8 Å². The average molecular weight is 303 g/mol. The highest BCUT2D eigenvalue weighted by molar-refractivity contribution is 9.11. The molecule has 1 unspecified atom stereocenters. The van der Waals surface area contributed by atoms with Crippen molar-refractivity contribution in [2.45, 2.75) is 38.3 Å². The van der Waals surface area contributed by atoms with Crippen molar-refractivity contribution in [2.75, 3.05) is 13.1 Å². The molecular weight excluding hydrogens is 284 g/mol. The van der Waals surface area contributed by atoms with Crippen LogP contribution in [0.15, 0.2) is 15.9 Å². The summed E-state index contributed by atoms with van der Waals surface area (Å²) in [4.78, 5) is 1.40. The predicted octanol–water partition coefficient (Wildman–Crippen LogP) is 3.13. The lowest BCUT2D eigenvalue weighted by molar-refractivity contribution is 0.471. The largest absolute Gasteiger partial charge is 0.313 e. The van der Waals surface area contributed by atoms with E-state index in [0.29, 0.717) is 6.04 Å². The molecule has 0 spiro atoms. The summed E-state index contributed by atoms with van der Waals surface area (Å²) < 4.78 is 1.22. The lowest BCUT2D eigenvalue weighted by atomic mass is 10.1. The second-order valence-electron chi connectivity index (χ2n) is 4.34. The molecular formula is C12H19BrN2S. The van der Waals surface area contributed by atoms with Gasteiger partial charge in [-0.05, 0) is 47.4 Å². The van der Waals surface area contributed by atoms with Crippen LogP contribution in [0.5, 0.6) is 0 Å². The zero-order valence-electron chi connectivity index (χ0n) is 9.47. The van der Waals surface area contributed by atoms with E-state index >= 15 is 0 Å². The Morgan fingerprint density at radius 2 is 2.31 bits per heavy atom. The van der Waals surface area contributed by atoms with Gasteiger partial charge in [0.2, 0.25) is 0 Å². The van der Waals surface area contributed by atoms with E-state index in [1.54, 1.807) is 0 Å². The molecule has 1 atom stereocenters. The van der Waals surface area contributed by atoms with E-state index < -0.39 is 0 Å². The van der Waals surface area contributed by atoms with E-state index in [4.69, 9.17) is 0 Å². The van der Waals surface area contributed by atoms with Gasteiger partial charge in [0.25, 0.3) is 0 Å². The minimum atomic E-state index is 0.672. The Labute approximate surface area is 110 Å². The lowest BCUT2D eigenvalue weighted by Crippen LogP contribution is -2.37. The average Bonchev–Trinajstić information content (AvgIpc) is 2.54. The molecule has 4 heteroatoms. The van der Waals surface area contributed by atoms with E-state index in [2.05, 4.69) is 38.7 Å². The third kappa shape index (κ3) is 4.17. The minimum Gasteiger partial charge on any atom is -0.313 e. The summed E-state index contributed by atoms with van der Waals surface area (Å²) in [6.45, 7) is 3.28. The first-order chi connectivity index (χ1) is 7.84. The van der Waals surface area contributed by atoms with Crippen LogP contribution >= 0.6 is 27.3 Å². The Kier molecular flexibility index (Phi) is 5.29. The van der Waals surface area contributed by atoms with Gasteiger partial charge in [0.05, 0.1) is 3.79 Å². The van der Waals surface area contributed by atoms with E-state index in [9.17, 15) is 0 Å². The molecule has 2 rings (SSSR count). The van der Waals surface area contributed by atoms with E-state index in [1.807, 2.05) is 11.3 Å². The molecule has 16 heavy (non-hydrogen) atoms. The maximum absolute atomic E-state index is 3.60. The monoisotopic (exact) mass is 302 g/mol. The number of nitrogens with one attached hydrogen (secondary N) is 2. The molecule has 0 saturated carbocycles. The Balaban J connectivity index is 1.67. The molecule has 0 amide bonds. The molecule has 90 valence electrons. The van der Waals surface area contributed by atoms with Gasteiger partial charge in [0, 0.05) is 24.0 Å². The topological polar surface area (TPSA) is 24.1 Å². The van der Waals surface area contributed by atoms with Gasteiger partial charge in [-0.3, -0.25) is 0 Å². The van der Waals surface area contributed by atoms with Crippen LogP contribution in [-0.2, 0) is 6.54 Å². The Bertz CT molecular complexity index is 306. The van der Waals surface area contributed by atoms with Crippen LogP contribution in [0, 0.1) is 0 Å². The van der Waals surface area contributed by atoms with Gasteiger partial charge in [-0.25, -0.2) is 0 Å². The van der Waals surface area contributed by atoms with Crippen molar-refractivity contribution in [2.24, 2.45) is 0 Å². The first-order valence-electron chi connectivity index (χ1n) is 6.03. The van der Waals surface area contributed by atoms with Crippen molar-refractivity contribution in [1.82, 2.24) is 10.6 Å². The number of rotatable bonds is 4. The minimum absolute atomic E-state index is 0.672. The van der Waals surface area contributed by atoms with Crippen molar-refractivity contribution >= 4 is 27.3 Å². The zero-order valence-corrected chi connectivity index (χ0v) is 11.9. The van der Waals surface area contributed by atoms with Gasteiger partial charge in [0.1, 0.15) is 0 Å². The van der Waals surface area contributed by atoms with Crippen molar-refractivity contribution in [3.63, 3.8) is 0 Å². The first-order valence-corrected chi connectivity index (χ1v) is 7.64. The summed E-state index contributed by atoms with van der Waals surface area (Å²) in [5, 5.41) is 7.14. The maximum atomic E-state index is 3.60. The molecule has 1 saturated heterocycles. The quantitative estimate of drug-likeness (QED) is 0.893. The van der Waals surface area contributed by atoms with Gasteiger partial charge in [-0.2, -0.15) is 0 Å². The van der Waals surface area contributed by atoms with Crippen LogP contribution in [-0.4, -0.2) is 19.1 Å². The smallest absolute Gasteiger partial charge is 0.0701 e. The molecule has 1 fully saturated rings. The van der Waals surface area contributed by atoms with Crippen LogP contribution in [0.2, 0.25) is 0 Å². The summed E-state index contributed by atoms with van der Waals surface area (Å²) in [6.07, 6.45) is 5.43. The van der Waals surface area contributed by atoms with Crippen LogP contribution in [0.3, 0.4) is 0 Å². The van der Waals surface area contributed by atoms with Gasteiger partial charge < -0.3 is 10.6 Å². The van der Waals surface area contributed by atoms with E-state index in [1.165, 1.54) is 40.9 Å². The highest BCUT2D eigenvalue weighted by Crippen LogP contribution is 2.21. The molecule has 0 aromatic carbocycles. The Morgan fingerprint density at radius 1 is 1.38 bits per heavy atom. The van der Waals surface area contributed by atoms with Crippen LogP contribution in [0.1, 0.15) is 30.6 Å². The summed E-state index contributed by atoms with van der Waals surface area (Å²) in [6, 6.07) is 4.97. The van der Waals surface area contributed by atoms with Crippen molar-refractivity contribution in [3.8, 4) is 0 Å². The third-order valence-corrected chi connectivity index (χ3v) is 4.60. The molecule has 0 radical (unpaired) electrons. The lowest BCUT2D eigenvalue weighted by Gasteiger charge is -2.15. The molecule has 0 bridgehead atoms. The maximum Gasteiger partial charge on any atom is 0.0701 e. The van der Waals surface area contributed by atoms with Crippen LogP contribution in [0.4, 0.5) is 0 Å². The summed E-state index contributed by atoms with van der Waals surface area (Å²) in [7, 11) is 0. The molecule has 1 aliphatic heterocycles. The number of thiophene rings is 1. The van der Waals surface area contributed by atoms with Crippen molar-refractivity contribution in [3.05, 3.63) is 20.8 Å². The molecule has 2 heterocycles. The highest BCUT2D eigenvalue weighted by Gasteiger charge is 2.10. The summed E-state index contributed by atoms with van der Waals surface area (Å²) in [5.41, 5.74) is 0. The molecule has 0 aliphatic carbocycles. The number of hydrogen-bond donors (Lipinski definition) is 2. The van der Waals surface area contributed by atoms with Crippen molar-refractivity contribution in [1.29, 1.82) is 0 Å². The molecule has 1 aromatic rings. The summed E-state index contributed by atoms with van der Waals surface area (Å²) in [5.74, 6) is 0. The van der Waals surface area contributed by atoms with E-state index in [0.717, 1.165) is 13.1 Å². The van der Waals surface area contributed by atoms with Gasteiger partial charge >= 0.3 is 0 Å². The van der Waals surface area contributed by atoms with Crippen LogP contribution in [0.25, 0.3) is 0 Å². The summed E-state index contributed by atoms with van der Waals surface area (Å²) >= 11 is 5.30. The highest BCUT2D eigenvalue weighted by atomic mass is 79.9. The zero-order chi connectivity index (χ0) is 11.2. The Hall–Kier alpha value is 0.1000. The van der Waals surface area contributed by atoms with Crippen LogP contribution < -0.4 is 10.6 Å². The fourth-order valence-electron chi connectivity index (χ4n) is 2.09. The fraction of sp³-hybridized carbons (Fsp3) is 0.667. The third-order valence-electron chi connectivity index (χ3n) is 2.98. The van der Waals surface area contributed by atoms with Gasteiger partial charge in [0.15, 0.2) is 0 Å². The Morgan fingerprint density at radius 3 is 3.12 bits per heavy atom. The van der Waals surface area contributed by atoms with Gasteiger partial charge in [-0.15, -0.1) is 11.3 Å².